The third-order valence-electron chi connectivity index (χ3n) is 3.06. The Morgan fingerprint density at radius 3 is 2.42 bits per heavy atom. The van der Waals surface area contributed by atoms with E-state index in [9.17, 15) is 22.8 Å². The summed E-state index contributed by atoms with van der Waals surface area (Å²) in [6, 6.07) is 6.78. The van der Waals surface area contributed by atoms with E-state index < -0.39 is 33.5 Å². The Morgan fingerprint density at radius 1 is 1.15 bits per heavy atom. The summed E-state index contributed by atoms with van der Waals surface area (Å²) in [4.78, 5) is 35.1. The molecule has 0 saturated heterocycles. The standard InChI is InChI=1S/C15H13ClN2O6S2/c1-24-15(21)18-13(20)11-6-7-25-14(11)17-12(19)8-26(22,23)10-4-2-9(16)3-5-10/h2-7H,8H2,1H3,(H,17,19)(H,18,20,21). The van der Waals surface area contributed by atoms with Gasteiger partial charge in [-0.2, -0.15) is 0 Å². The van der Waals surface area contributed by atoms with Crippen LogP contribution in [0.1, 0.15) is 10.4 Å². The molecule has 0 aliphatic rings. The van der Waals surface area contributed by atoms with Crippen molar-refractivity contribution in [1.82, 2.24) is 5.32 Å². The van der Waals surface area contributed by atoms with Gasteiger partial charge in [-0.3, -0.25) is 14.9 Å². The van der Waals surface area contributed by atoms with Crippen molar-refractivity contribution in [2.75, 3.05) is 18.2 Å². The number of ether oxygens (including phenoxy) is 1. The minimum absolute atomic E-state index is 0.0117. The molecule has 138 valence electrons. The monoisotopic (exact) mass is 416 g/mol. The molecule has 26 heavy (non-hydrogen) atoms. The van der Waals surface area contributed by atoms with Crippen molar-refractivity contribution < 1.29 is 27.5 Å². The second kappa shape index (κ2) is 8.30. The summed E-state index contributed by atoms with van der Waals surface area (Å²) in [7, 11) is -2.78. The highest BCUT2D eigenvalue weighted by molar-refractivity contribution is 7.92. The molecule has 11 heteroatoms. The molecule has 0 bridgehead atoms. The van der Waals surface area contributed by atoms with Crippen molar-refractivity contribution in [2.24, 2.45) is 0 Å². The number of carbonyl (C=O) groups excluding carboxylic acids is 3. The molecule has 1 heterocycles. The molecule has 1 aromatic heterocycles. The Balaban J connectivity index is 2.09. The van der Waals surface area contributed by atoms with Crippen LogP contribution >= 0.6 is 22.9 Å². The number of thiophene rings is 1. The number of carbonyl (C=O) groups is 3. The summed E-state index contributed by atoms with van der Waals surface area (Å²) >= 11 is 6.72. The van der Waals surface area contributed by atoms with Crippen LogP contribution in [0.3, 0.4) is 0 Å². The van der Waals surface area contributed by atoms with Crippen LogP contribution in [-0.4, -0.2) is 39.2 Å². The van der Waals surface area contributed by atoms with Crippen molar-refractivity contribution in [3.63, 3.8) is 0 Å². The molecule has 0 saturated carbocycles. The van der Waals surface area contributed by atoms with E-state index >= 15 is 0 Å². The molecule has 0 unspecified atom stereocenters. The maximum atomic E-state index is 12.2. The number of sulfone groups is 1. The van der Waals surface area contributed by atoms with E-state index in [4.69, 9.17) is 11.6 Å². The molecule has 8 nitrogen and oxygen atoms in total. The first kappa shape index (κ1) is 19.9. The van der Waals surface area contributed by atoms with Gasteiger partial charge < -0.3 is 10.1 Å². The van der Waals surface area contributed by atoms with Gasteiger partial charge in [-0.05, 0) is 35.7 Å². The molecule has 2 rings (SSSR count). The van der Waals surface area contributed by atoms with E-state index in [0.717, 1.165) is 18.4 Å². The Morgan fingerprint density at radius 2 is 1.81 bits per heavy atom. The average molecular weight is 417 g/mol. The number of halogens is 1. The second-order valence-electron chi connectivity index (χ2n) is 4.87. The van der Waals surface area contributed by atoms with Crippen molar-refractivity contribution in [1.29, 1.82) is 0 Å². The number of methoxy groups -OCH3 is 1. The van der Waals surface area contributed by atoms with Gasteiger partial charge in [0.05, 0.1) is 17.6 Å². The largest absolute Gasteiger partial charge is 0.453 e. The molecule has 0 atom stereocenters. The zero-order valence-corrected chi connectivity index (χ0v) is 15.7. The molecule has 3 amide bonds. The fourth-order valence-corrected chi connectivity index (χ4v) is 3.92. The summed E-state index contributed by atoms with van der Waals surface area (Å²) < 4.78 is 28.8. The normalized spacial score (nSPS) is 10.8. The van der Waals surface area contributed by atoms with E-state index in [0.29, 0.717) is 5.02 Å². The Labute approximate surface area is 158 Å². The summed E-state index contributed by atoms with van der Waals surface area (Å²) in [6.45, 7) is 0. The predicted molar refractivity (Wildman–Crippen MR) is 96.3 cm³/mol. The maximum Gasteiger partial charge on any atom is 0.413 e. The van der Waals surface area contributed by atoms with Crippen LogP contribution in [0, 0.1) is 0 Å². The van der Waals surface area contributed by atoms with Gasteiger partial charge >= 0.3 is 6.09 Å². The first-order chi connectivity index (χ1) is 12.2. The van der Waals surface area contributed by atoms with Gasteiger partial charge in [0.15, 0.2) is 9.84 Å². The fourth-order valence-electron chi connectivity index (χ4n) is 1.86. The number of benzene rings is 1. The van der Waals surface area contributed by atoms with E-state index in [1.165, 1.54) is 35.7 Å². The number of amides is 3. The van der Waals surface area contributed by atoms with Crippen LogP contribution in [0.25, 0.3) is 0 Å². The molecule has 2 N–H and O–H groups in total. The molecule has 0 aliphatic heterocycles. The lowest BCUT2D eigenvalue weighted by atomic mass is 10.3. The molecule has 1 aromatic carbocycles. The molecular formula is C15H13ClN2O6S2. The van der Waals surface area contributed by atoms with E-state index in [1.54, 1.807) is 0 Å². The van der Waals surface area contributed by atoms with Crippen LogP contribution in [-0.2, 0) is 19.4 Å². The topological polar surface area (TPSA) is 119 Å². The SMILES string of the molecule is COC(=O)NC(=O)c1ccsc1NC(=O)CS(=O)(=O)c1ccc(Cl)cc1. The Kier molecular flexibility index (Phi) is 6.35. The number of imide groups is 1. The second-order valence-corrected chi connectivity index (χ2v) is 8.21. The van der Waals surface area contributed by atoms with Gasteiger partial charge in [-0.15, -0.1) is 11.3 Å². The van der Waals surface area contributed by atoms with Gasteiger partial charge in [0.25, 0.3) is 5.91 Å². The van der Waals surface area contributed by atoms with E-state index in [-0.39, 0.29) is 15.5 Å². The quantitative estimate of drug-likeness (QED) is 0.772. The molecule has 0 radical (unpaired) electrons. The first-order valence-electron chi connectivity index (χ1n) is 6.98. The average Bonchev–Trinajstić information content (AvgIpc) is 3.02. The zero-order chi connectivity index (χ0) is 19.3. The Hall–Kier alpha value is -2.43. The van der Waals surface area contributed by atoms with Crippen LogP contribution in [0.15, 0.2) is 40.6 Å². The minimum Gasteiger partial charge on any atom is -0.453 e. The predicted octanol–water partition coefficient (Wildman–Crippen LogP) is 2.31. The van der Waals surface area contributed by atoms with Crippen molar-refractivity contribution in [3.8, 4) is 0 Å². The lowest BCUT2D eigenvalue weighted by Crippen LogP contribution is -2.31. The maximum absolute atomic E-state index is 12.2. The molecular weight excluding hydrogens is 404 g/mol. The fraction of sp³-hybridized carbons (Fsp3) is 0.133. The minimum atomic E-state index is -3.88. The van der Waals surface area contributed by atoms with Crippen LogP contribution in [0.2, 0.25) is 5.02 Å². The number of hydrogen-bond donors (Lipinski definition) is 2. The molecule has 0 spiro atoms. The van der Waals surface area contributed by atoms with E-state index in [2.05, 4.69) is 10.1 Å². The van der Waals surface area contributed by atoms with Crippen LogP contribution in [0.4, 0.5) is 9.80 Å². The molecule has 2 aromatic rings. The summed E-state index contributed by atoms with van der Waals surface area (Å²) in [6.07, 6.45) is -0.955. The third kappa shape index (κ3) is 5.04. The summed E-state index contributed by atoms with van der Waals surface area (Å²) in [5.41, 5.74) is 0.0117. The highest BCUT2D eigenvalue weighted by Gasteiger charge is 2.22. The number of rotatable bonds is 5. The van der Waals surface area contributed by atoms with Gasteiger partial charge in [-0.25, -0.2) is 13.2 Å². The van der Waals surface area contributed by atoms with Crippen LogP contribution in [0.5, 0.6) is 0 Å². The van der Waals surface area contributed by atoms with Crippen LogP contribution < -0.4 is 10.6 Å². The third-order valence-corrected chi connectivity index (χ3v) is 5.77. The van der Waals surface area contributed by atoms with Gasteiger partial charge in [0.1, 0.15) is 10.8 Å². The van der Waals surface area contributed by atoms with Crippen molar-refractivity contribution >= 4 is 55.7 Å². The number of anilines is 1. The lowest BCUT2D eigenvalue weighted by Gasteiger charge is -2.07. The zero-order valence-electron chi connectivity index (χ0n) is 13.3. The van der Waals surface area contributed by atoms with Crippen molar-refractivity contribution in [2.45, 2.75) is 4.90 Å². The summed E-state index contributed by atoms with van der Waals surface area (Å²) in [5.74, 6) is -2.42. The van der Waals surface area contributed by atoms with Gasteiger partial charge in [0, 0.05) is 5.02 Å². The van der Waals surface area contributed by atoms with Gasteiger partial charge in [-0.1, -0.05) is 11.6 Å². The lowest BCUT2D eigenvalue weighted by molar-refractivity contribution is -0.113. The number of alkyl carbamates (subject to hydrolysis) is 1. The smallest absolute Gasteiger partial charge is 0.413 e. The molecule has 0 fully saturated rings. The number of hydrogen-bond acceptors (Lipinski definition) is 7. The summed E-state index contributed by atoms with van der Waals surface area (Å²) in [5, 5.41) is 6.30. The number of nitrogens with one attached hydrogen (secondary N) is 2. The first-order valence-corrected chi connectivity index (χ1v) is 9.89. The Bertz CT molecular complexity index is 937. The van der Waals surface area contributed by atoms with Crippen molar-refractivity contribution in [3.05, 3.63) is 46.3 Å². The van der Waals surface area contributed by atoms with E-state index in [1.807, 2.05) is 5.32 Å². The highest BCUT2D eigenvalue weighted by atomic mass is 35.5. The van der Waals surface area contributed by atoms with Gasteiger partial charge in [0.2, 0.25) is 5.91 Å². The highest BCUT2D eigenvalue weighted by Crippen LogP contribution is 2.23. The molecule has 0 aliphatic carbocycles.